The average molecular weight is 470 g/mol. The summed E-state index contributed by atoms with van der Waals surface area (Å²) < 4.78 is 5.56. The minimum atomic E-state index is -0.410. The van der Waals surface area contributed by atoms with Gasteiger partial charge in [0.15, 0.2) is 0 Å². The van der Waals surface area contributed by atoms with Crippen molar-refractivity contribution in [2.45, 2.75) is 25.4 Å². The minimum absolute atomic E-state index is 0.139. The topological polar surface area (TPSA) is 53.1 Å². The molecule has 1 atom stereocenters. The summed E-state index contributed by atoms with van der Waals surface area (Å²) in [6.45, 7) is 5.58. The molecule has 3 aromatic carbocycles. The highest BCUT2D eigenvalue weighted by Crippen LogP contribution is 2.32. The maximum atomic E-state index is 13.4. The van der Waals surface area contributed by atoms with E-state index in [1.807, 2.05) is 31.2 Å². The van der Waals surface area contributed by atoms with Crippen molar-refractivity contribution < 1.29 is 14.3 Å². The zero-order chi connectivity index (χ0) is 24.2. The molecule has 0 bridgehead atoms. The van der Waals surface area contributed by atoms with Crippen LogP contribution in [0.15, 0.2) is 84.9 Å². The van der Waals surface area contributed by atoms with E-state index in [9.17, 15) is 9.59 Å². The number of carbonyl (C=O) groups excluding carboxylic acids is 2. The number of hydrogen-bond acceptors (Lipinski definition) is 5. The van der Waals surface area contributed by atoms with Crippen molar-refractivity contribution in [3.05, 3.63) is 96.1 Å². The van der Waals surface area contributed by atoms with E-state index in [4.69, 9.17) is 4.74 Å². The van der Waals surface area contributed by atoms with Crippen LogP contribution in [0.1, 0.15) is 30.5 Å². The number of benzene rings is 3. The van der Waals surface area contributed by atoms with Gasteiger partial charge in [-0.3, -0.25) is 19.4 Å². The molecule has 2 amide bonds. The standard InChI is InChI=1S/C29H31N3O3/c1-2-35-25-15-9-14-24(20-25)32-27(33)21-26(29(32)34)30-16-18-31(19-17-30)28(22-10-5-3-6-11-22)23-12-7-4-8-13-23/h3-15,20,26,28H,2,16-19,21H2,1H3. The summed E-state index contributed by atoms with van der Waals surface area (Å²) in [4.78, 5) is 32.2. The number of anilines is 1. The Hall–Kier alpha value is -3.48. The fourth-order valence-electron chi connectivity index (χ4n) is 5.24. The van der Waals surface area contributed by atoms with Gasteiger partial charge in [0, 0.05) is 32.2 Å². The van der Waals surface area contributed by atoms with Gasteiger partial charge in [-0.25, -0.2) is 4.90 Å². The van der Waals surface area contributed by atoms with Crippen molar-refractivity contribution >= 4 is 17.5 Å². The van der Waals surface area contributed by atoms with Crippen LogP contribution in [-0.2, 0) is 9.59 Å². The van der Waals surface area contributed by atoms with Crippen molar-refractivity contribution in [1.82, 2.24) is 9.80 Å². The maximum Gasteiger partial charge on any atom is 0.251 e. The van der Waals surface area contributed by atoms with E-state index in [-0.39, 0.29) is 24.3 Å². The van der Waals surface area contributed by atoms with Crippen LogP contribution < -0.4 is 9.64 Å². The van der Waals surface area contributed by atoms with Crippen molar-refractivity contribution in [2.75, 3.05) is 37.7 Å². The summed E-state index contributed by atoms with van der Waals surface area (Å²) in [6.07, 6.45) is 0.221. The molecular formula is C29H31N3O3. The molecule has 0 spiro atoms. The predicted molar refractivity (Wildman–Crippen MR) is 136 cm³/mol. The molecule has 3 aromatic rings. The van der Waals surface area contributed by atoms with E-state index in [1.54, 1.807) is 12.1 Å². The van der Waals surface area contributed by atoms with Crippen LogP contribution in [0.25, 0.3) is 0 Å². The molecule has 1 unspecified atom stereocenters. The molecular weight excluding hydrogens is 438 g/mol. The van der Waals surface area contributed by atoms with Crippen molar-refractivity contribution in [2.24, 2.45) is 0 Å². The first-order valence-corrected chi connectivity index (χ1v) is 12.3. The quantitative estimate of drug-likeness (QED) is 0.487. The van der Waals surface area contributed by atoms with Gasteiger partial charge in [0.25, 0.3) is 5.91 Å². The fraction of sp³-hybridized carbons (Fsp3) is 0.310. The number of piperazine rings is 1. The molecule has 0 saturated carbocycles. The van der Waals surface area contributed by atoms with Gasteiger partial charge in [-0.05, 0) is 30.2 Å². The summed E-state index contributed by atoms with van der Waals surface area (Å²) in [5.41, 5.74) is 3.11. The maximum absolute atomic E-state index is 13.4. The molecule has 0 aromatic heterocycles. The zero-order valence-electron chi connectivity index (χ0n) is 20.0. The minimum Gasteiger partial charge on any atom is -0.494 e. The molecule has 2 fully saturated rings. The second-order valence-electron chi connectivity index (χ2n) is 9.01. The summed E-state index contributed by atoms with van der Waals surface area (Å²) in [6, 6.07) is 28.1. The van der Waals surface area contributed by atoms with Crippen LogP contribution in [0, 0.1) is 0 Å². The highest BCUT2D eigenvalue weighted by Gasteiger charge is 2.43. The molecule has 0 radical (unpaired) electrons. The fourth-order valence-corrected chi connectivity index (χ4v) is 5.24. The zero-order valence-corrected chi connectivity index (χ0v) is 20.0. The lowest BCUT2D eigenvalue weighted by atomic mass is 9.96. The number of amides is 2. The summed E-state index contributed by atoms with van der Waals surface area (Å²) in [5.74, 6) is 0.373. The third-order valence-corrected chi connectivity index (χ3v) is 6.90. The lowest BCUT2D eigenvalue weighted by Crippen LogP contribution is -2.53. The third-order valence-electron chi connectivity index (χ3n) is 6.90. The van der Waals surface area contributed by atoms with Gasteiger partial charge in [-0.15, -0.1) is 0 Å². The van der Waals surface area contributed by atoms with Crippen molar-refractivity contribution in [3.63, 3.8) is 0 Å². The number of hydrogen-bond donors (Lipinski definition) is 0. The molecule has 0 N–H and O–H groups in total. The number of nitrogens with zero attached hydrogens (tertiary/aromatic N) is 3. The Bertz CT molecular complexity index is 1120. The van der Waals surface area contributed by atoms with Crippen LogP contribution in [0.4, 0.5) is 5.69 Å². The monoisotopic (exact) mass is 469 g/mol. The van der Waals surface area contributed by atoms with Crippen LogP contribution >= 0.6 is 0 Å². The molecule has 0 aliphatic carbocycles. The van der Waals surface area contributed by atoms with Crippen LogP contribution in [0.5, 0.6) is 5.75 Å². The molecule has 2 aliphatic heterocycles. The first-order chi connectivity index (χ1) is 17.2. The van der Waals surface area contributed by atoms with E-state index in [1.165, 1.54) is 16.0 Å². The van der Waals surface area contributed by atoms with Gasteiger partial charge < -0.3 is 4.74 Å². The summed E-state index contributed by atoms with van der Waals surface area (Å²) in [7, 11) is 0. The highest BCUT2D eigenvalue weighted by atomic mass is 16.5. The van der Waals surface area contributed by atoms with Gasteiger partial charge in [-0.2, -0.15) is 0 Å². The lowest BCUT2D eigenvalue weighted by Gasteiger charge is -2.41. The number of imide groups is 1. The second kappa shape index (κ2) is 10.4. The Morgan fingerprint density at radius 3 is 2.06 bits per heavy atom. The van der Waals surface area contributed by atoms with Gasteiger partial charge in [0.05, 0.1) is 30.8 Å². The van der Waals surface area contributed by atoms with Crippen LogP contribution in [0.2, 0.25) is 0 Å². The Labute approximate surface area is 206 Å². The molecule has 2 heterocycles. The SMILES string of the molecule is CCOc1cccc(N2C(=O)CC(N3CCN(C(c4ccccc4)c4ccccc4)CC3)C2=O)c1. The largest absolute Gasteiger partial charge is 0.494 e. The van der Waals surface area contributed by atoms with Gasteiger partial charge in [-0.1, -0.05) is 66.7 Å². The Morgan fingerprint density at radius 1 is 0.829 bits per heavy atom. The van der Waals surface area contributed by atoms with E-state index >= 15 is 0 Å². The molecule has 180 valence electrons. The van der Waals surface area contributed by atoms with Gasteiger partial charge in [0.1, 0.15) is 5.75 Å². The molecule has 35 heavy (non-hydrogen) atoms. The third kappa shape index (κ3) is 4.85. The second-order valence-corrected chi connectivity index (χ2v) is 9.01. The van der Waals surface area contributed by atoms with E-state index in [0.717, 1.165) is 26.2 Å². The summed E-state index contributed by atoms with van der Waals surface area (Å²) >= 11 is 0. The van der Waals surface area contributed by atoms with E-state index in [2.05, 4.69) is 58.3 Å². The van der Waals surface area contributed by atoms with Crippen LogP contribution in [0.3, 0.4) is 0 Å². The smallest absolute Gasteiger partial charge is 0.251 e. The Morgan fingerprint density at radius 2 is 1.46 bits per heavy atom. The highest BCUT2D eigenvalue weighted by molar-refractivity contribution is 6.22. The van der Waals surface area contributed by atoms with E-state index in [0.29, 0.717) is 18.0 Å². The van der Waals surface area contributed by atoms with Crippen molar-refractivity contribution in [3.8, 4) is 5.75 Å². The molecule has 5 rings (SSSR count). The molecule has 2 saturated heterocycles. The molecule has 6 nitrogen and oxygen atoms in total. The normalized spacial score (nSPS) is 19.5. The first-order valence-electron chi connectivity index (χ1n) is 12.3. The number of ether oxygens (including phenoxy) is 1. The number of rotatable bonds is 7. The van der Waals surface area contributed by atoms with Gasteiger partial charge in [0.2, 0.25) is 5.91 Å². The molecule has 2 aliphatic rings. The predicted octanol–water partition coefficient (Wildman–Crippen LogP) is 4.12. The van der Waals surface area contributed by atoms with Gasteiger partial charge >= 0.3 is 0 Å². The average Bonchev–Trinajstić information content (AvgIpc) is 3.20. The number of carbonyl (C=O) groups is 2. The summed E-state index contributed by atoms with van der Waals surface area (Å²) in [5, 5.41) is 0. The van der Waals surface area contributed by atoms with Crippen LogP contribution in [-0.4, -0.2) is 60.4 Å². The Kier molecular flexibility index (Phi) is 6.93. The van der Waals surface area contributed by atoms with E-state index < -0.39 is 6.04 Å². The lowest BCUT2D eigenvalue weighted by molar-refractivity contribution is -0.123. The van der Waals surface area contributed by atoms with Crippen molar-refractivity contribution in [1.29, 1.82) is 0 Å². The molecule has 6 heteroatoms. The first kappa shape index (κ1) is 23.3. The Balaban J connectivity index is 1.30.